The standard InChI is InChI=1S/C14H19NO2/c1-9-7-17-8-13(15-9)12-6-10-4-2-3-5-11(10)14(12)16/h2-5,9,12-16H,6-8H2,1H3. The summed E-state index contributed by atoms with van der Waals surface area (Å²) >= 11 is 0. The Morgan fingerprint density at radius 2 is 2.12 bits per heavy atom. The van der Waals surface area contributed by atoms with E-state index in [0.29, 0.717) is 12.6 Å². The SMILES string of the molecule is CC1COCC(C2Cc3ccccc3C2O)N1. The van der Waals surface area contributed by atoms with Crippen LogP contribution < -0.4 is 5.32 Å². The van der Waals surface area contributed by atoms with Crippen LogP contribution in [-0.2, 0) is 11.2 Å². The van der Waals surface area contributed by atoms with E-state index in [9.17, 15) is 5.11 Å². The molecule has 0 saturated carbocycles. The van der Waals surface area contributed by atoms with Crippen molar-refractivity contribution in [2.75, 3.05) is 13.2 Å². The van der Waals surface area contributed by atoms with Gasteiger partial charge in [-0.05, 0) is 24.5 Å². The zero-order valence-electron chi connectivity index (χ0n) is 10.1. The lowest BCUT2D eigenvalue weighted by atomic mass is 9.93. The zero-order chi connectivity index (χ0) is 11.8. The minimum atomic E-state index is -0.349. The summed E-state index contributed by atoms with van der Waals surface area (Å²) in [6.45, 7) is 3.60. The fourth-order valence-electron chi connectivity index (χ4n) is 3.05. The number of morpholine rings is 1. The third-order valence-corrected chi connectivity index (χ3v) is 3.92. The van der Waals surface area contributed by atoms with Gasteiger partial charge in [0.15, 0.2) is 0 Å². The maximum absolute atomic E-state index is 10.4. The number of hydrogen-bond acceptors (Lipinski definition) is 3. The fraction of sp³-hybridized carbons (Fsp3) is 0.571. The van der Waals surface area contributed by atoms with E-state index in [4.69, 9.17) is 4.74 Å². The monoisotopic (exact) mass is 233 g/mol. The maximum atomic E-state index is 10.4. The Hall–Kier alpha value is -0.900. The van der Waals surface area contributed by atoms with E-state index < -0.39 is 0 Å². The number of rotatable bonds is 1. The van der Waals surface area contributed by atoms with Gasteiger partial charge in [-0.15, -0.1) is 0 Å². The van der Waals surface area contributed by atoms with E-state index in [1.54, 1.807) is 0 Å². The van der Waals surface area contributed by atoms with Crippen molar-refractivity contribution in [2.24, 2.45) is 5.92 Å². The molecule has 1 aromatic rings. The number of aliphatic hydroxyl groups is 1. The second-order valence-corrected chi connectivity index (χ2v) is 5.22. The van der Waals surface area contributed by atoms with Gasteiger partial charge in [0.1, 0.15) is 0 Å². The largest absolute Gasteiger partial charge is 0.388 e. The zero-order valence-corrected chi connectivity index (χ0v) is 10.1. The third kappa shape index (κ3) is 1.99. The smallest absolute Gasteiger partial charge is 0.0839 e. The summed E-state index contributed by atoms with van der Waals surface area (Å²) in [5.41, 5.74) is 2.38. The first-order chi connectivity index (χ1) is 8.25. The topological polar surface area (TPSA) is 41.5 Å². The summed E-state index contributed by atoms with van der Waals surface area (Å²) in [6, 6.07) is 8.84. The predicted octanol–water partition coefficient (Wildman–Crippen LogP) is 1.27. The molecule has 0 bridgehead atoms. The summed E-state index contributed by atoms with van der Waals surface area (Å²) < 4.78 is 5.58. The van der Waals surface area contributed by atoms with Crippen LogP contribution in [0.25, 0.3) is 0 Å². The predicted molar refractivity (Wildman–Crippen MR) is 65.8 cm³/mol. The van der Waals surface area contributed by atoms with Crippen LogP contribution in [0, 0.1) is 5.92 Å². The summed E-state index contributed by atoms with van der Waals surface area (Å²) in [7, 11) is 0. The molecule has 4 atom stereocenters. The molecule has 92 valence electrons. The van der Waals surface area contributed by atoms with Gasteiger partial charge in [0.2, 0.25) is 0 Å². The van der Waals surface area contributed by atoms with Crippen LogP contribution >= 0.6 is 0 Å². The van der Waals surface area contributed by atoms with Crippen LogP contribution in [0.1, 0.15) is 24.2 Å². The molecule has 3 nitrogen and oxygen atoms in total. The molecule has 1 aliphatic carbocycles. The van der Waals surface area contributed by atoms with E-state index in [1.807, 2.05) is 18.2 Å². The Morgan fingerprint density at radius 3 is 2.88 bits per heavy atom. The van der Waals surface area contributed by atoms with E-state index in [0.717, 1.165) is 18.6 Å². The molecule has 1 aromatic carbocycles. The first-order valence-corrected chi connectivity index (χ1v) is 6.35. The molecule has 0 spiro atoms. The molecule has 1 aliphatic heterocycles. The van der Waals surface area contributed by atoms with Crippen LogP contribution in [0.4, 0.5) is 0 Å². The number of ether oxygens (including phenoxy) is 1. The van der Waals surface area contributed by atoms with Crippen molar-refractivity contribution in [2.45, 2.75) is 31.5 Å². The van der Waals surface area contributed by atoms with Crippen LogP contribution in [0.15, 0.2) is 24.3 Å². The molecule has 4 unspecified atom stereocenters. The Balaban J connectivity index is 1.79. The van der Waals surface area contributed by atoms with Gasteiger partial charge in [0.05, 0.1) is 19.3 Å². The van der Waals surface area contributed by atoms with Crippen molar-refractivity contribution in [3.63, 3.8) is 0 Å². The molecule has 2 aliphatic rings. The number of nitrogens with one attached hydrogen (secondary N) is 1. The highest BCUT2D eigenvalue weighted by Gasteiger charge is 2.37. The molecule has 1 heterocycles. The molecule has 1 saturated heterocycles. The Labute approximate surface area is 102 Å². The van der Waals surface area contributed by atoms with Crippen molar-refractivity contribution in [3.8, 4) is 0 Å². The second kappa shape index (κ2) is 4.41. The van der Waals surface area contributed by atoms with E-state index in [2.05, 4.69) is 18.3 Å². The van der Waals surface area contributed by atoms with Crippen molar-refractivity contribution in [1.82, 2.24) is 5.32 Å². The second-order valence-electron chi connectivity index (χ2n) is 5.22. The third-order valence-electron chi connectivity index (χ3n) is 3.92. The molecular weight excluding hydrogens is 214 g/mol. The average molecular weight is 233 g/mol. The summed E-state index contributed by atoms with van der Waals surface area (Å²) in [4.78, 5) is 0. The molecule has 0 radical (unpaired) electrons. The fourth-order valence-corrected chi connectivity index (χ4v) is 3.05. The highest BCUT2D eigenvalue weighted by Crippen LogP contribution is 2.38. The maximum Gasteiger partial charge on any atom is 0.0839 e. The van der Waals surface area contributed by atoms with Gasteiger partial charge in [-0.1, -0.05) is 24.3 Å². The van der Waals surface area contributed by atoms with Gasteiger partial charge in [0, 0.05) is 18.0 Å². The number of hydrogen-bond donors (Lipinski definition) is 2. The van der Waals surface area contributed by atoms with E-state index in [-0.39, 0.29) is 18.1 Å². The van der Waals surface area contributed by atoms with Crippen molar-refractivity contribution in [1.29, 1.82) is 0 Å². The van der Waals surface area contributed by atoms with E-state index in [1.165, 1.54) is 5.56 Å². The normalized spacial score (nSPS) is 36.8. The van der Waals surface area contributed by atoms with Crippen molar-refractivity contribution in [3.05, 3.63) is 35.4 Å². The van der Waals surface area contributed by atoms with Crippen LogP contribution in [-0.4, -0.2) is 30.4 Å². The molecule has 0 aromatic heterocycles. The minimum absolute atomic E-state index is 0.246. The highest BCUT2D eigenvalue weighted by molar-refractivity contribution is 5.35. The molecule has 3 rings (SSSR count). The Kier molecular flexibility index (Phi) is 2.90. The lowest BCUT2D eigenvalue weighted by molar-refractivity contribution is 0.00225. The Bertz CT molecular complexity index is 407. The quantitative estimate of drug-likeness (QED) is 0.767. The van der Waals surface area contributed by atoms with Gasteiger partial charge in [0.25, 0.3) is 0 Å². The lowest BCUT2D eigenvalue weighted by Crippen LogP contribution is -2.51. The van der Waals surface area contributed by atoms with Gasteiger partial charge < -0.3 is 15.2 Å². The molecular formula is C14H19NO2. The summed E-state index contributed by atoms with van der Waals surface area (Å²) in [5.74, 6) is 0.246. The first kappa shape index (κ1) is 11.2. The Morgan fingerprint density at radius 1 is 1.29 bits per heavy atom. The average Bonchev–Trinajstić information content (AvgIpc) is 2.68. The lowest BCUT2D eigenvalue weighted by Gasteiger charge is -2.34. The van der Waals surface area contributed by atoms with Crippen LogP contribution in [0.5, 0.6) is 0 Å². The van der Waals surface area contributed by atoms with Gasteiger partial charge in [-0.25, -0.2) is 0 Å². The molecule has 2 N–H and O–H groups in total. The first-order valence-electron chi connectivity index (χ1n) is 6.35. The summed E-state index contributed by atoms with van der Waals surface area (Å²) in [6.07, 6.45) is 0.600. The minimum Gasteiger partial charge on any atom is -0.388 e. The highest BCUT2D eigenvalue weighted by atomic mass is 16.5. The van der Waals surface area contributed by atoms with Gasteiger partial charge in [-0.2, -0.15) is 0 Å². The number of fused-ring (bicyclic) bond motifs is 1. The van der Waals surface area contributed by atoms with Gasteiger partial charge >= 0.3 is 0 Å². The molecule has 1 fully saturated rings. The van der Waals surface area contributed by atoms with Crippen LogP contribution in [0.3, 0.4) is 0 Å². The van der Waals surface area contributed by atoms with Crippen molar-refractivity contribution < 1.29 is 9.84 Å². The summed E-state index contributed by atoms with van der Waals surface area (Å²) in [5, 5.41) is 13.9. The number of benzene rings is 1. The van der Waals surface area contributed by atoms with E-state index >= 15 is 0 Å². The molecule has 3 heteroatoms. The molecule has 0 amide bonds. The molecule has 17 heavy (non-hydrogen) atoms. The number of aliphatic hydroxyl groups excluding tert-OH is 1. The van der Waals surface area contributed by atoms with Crippen molar-refractivity contribution >= 4 is 0 Å². The van der Waals surface area contributed by atoms with Crippen LogP contribution in [0.2, 0.25) is 0 Å². The van der Waals surface area contributed by atoms with Gasteiger partial charge in [-0.3, -0.25) is 0 Å².